The van der Waals surface area contributed by atoms with Crippen LogP contribution in [0.2, 0.25) is 0 Å². The summed E-state index contributed by atoms with van der Waals surface area (Å²) >= 11 is 0. The first-order valence-corrected chi connectivity index (χ1v) is 8.12. The third kappa shape index (κ3) is 8.99. The van der Waals surface area contributed by atoms with E-state index in [1.807, 2.05) is 19.1 Å². The van der Waals surface area contributed by atoms with Crippen molar-refractivity contribution in [2.24, 2.45) is 10.2 Å². The molecule has 2 atom stereocenters. The molecule has 0 aromatic rings. The van der Waals surface area contributed by atoms with Gasteiger partial charge >= 0.3 is 5.97 Å². The van der Waals surface area contributed by atoms with Gasteiger partial charge in [0.05, 0.1) is 18.7 Å². The molecule has 0 spiro atoms. The number of ether oxygens (including phenoxy) is 1. The number of esters is 1. The van der Waals surface area contributed by atoms with Crippen molar-refractivity contribution in [3.05, 3.63) is 0 Å². The molecule has 0 aliphatic rings. The fourth-order valence-electron chi connectivity index (χ4n) is 1.64. The summed E-state index contributed by atoms with van der Waals surface area (Å²) in [5, 5.41) is 26.5. The molecule has 7 nitrogen and oxygen atoms in total. The van der Waals surface area contributed by atoms with Crippen LogP contribution in [-0.2, 0) is 14.3 Å². The fraction of sp³-hybridized carbons (Fsp3) is 0.765. The van der Waals surface area contributed by atoms with Gasteiger partial charge in [0, 0.05) is 12.8 Å². The summed E-state index contributed by atoms with van der Waals surface area (Å²) in [7, 11) is 0. The standard InChI is InChI=1S/C17H26N4O3/c1-5-6-11-24-15(23)8-10-17(4,13-19)21-20-16(3,12-18)9-7-14(2)22/h5-11H2,1-4H3. The van der Waals surface area contributed by atoms with Gasteiger partial charge in [0.25, 0.3) is 0 Å². The first-order valence-electron chi connectivity index (χ1n) is 8.12. The van der Waals surface area contributed by atoms with Gasteiger partial charge in [-0.2, -0.15) is 20.8 Å². The molecule has 0 saturated carbocycles. The molecule has 0 radical (unpaired) electrons. The Balaban J connectivity index is 4.74. The highest BCUT2D eigenvalue weighted by Gasteiger charge is 2.29. The van der Waals surface area contributed by atoms with E-state index in [1.54, 1.807) is 13.8 Å². The predicted molar refractivity (Wildman–Crippen MR) is 87.9 cm³/mol. The Morgan fingerprint density at radius 3 is 1.96 bits per heavy atom. The van der Waals surface area contributed by atoms with Crippen LogP contribution in [0.4, 0.5) is 0 Å². The highest BCUT2D eigenvalue weighted by molar-refractivity contribution is 5.75. The SMILES string of the molecule is CCCCOC(=O)CCC(C)(C#N)N=NC(C)(C#N)CCC(C)=O. The fourth-order valence-corrected chi connectivity index (χ4v) is 1.64. The van der Waals surface area contributed by atoms with Crippen molar-refractivity contribution < 1.29 is 14.3 Å². The molecule has 0 aromatic carbocycles. The summed E-state index contributed by atoms with van der Waals surface area (Å²) in [4.78, 5) is 22.7. The Bertz CT molecular complexity index is 547. The molecule has 132 valence electrons. The van der Waals surface area contributed by atoms with Crippen LogP contribution in [0, 0.1) is 22.7 Å². The molecule has 0 heterocycles. The van der Waals surface area contributed by atoms with E-state index in [0.717, 1.165) is 12.8 Å². The lowest BCUT2D eigenvalue weighted by molar-refractivity contribution is -0.144. The molecule has 0 aromatic heterocycles. The molecule has 0 N–H and O–H groups in total. The summed E-state index contributed by atoms with van der Waals surface area (Å²) in [5.41, 5.74) is -2.37. The van der Waals surface area contributed by atoms with Crippen molar-refractivity contribution >= 4 is 11.8 Å². The minimum atomic E-state index is -1.21. The van der Waals surface area contributed by atoms with Gasteiger partial charge in [0.15, 0.2) is 11.1 Å². The molecule has 0 aliphatic carbocycles. The second-order valence-electron chi connectivity index (χ2n) is 6.25. The predicted octanol–water partition coefficient (Wildman–Crippen LogP) is 3.50. The quantitative estimate of drug-likeness (QED) is 0.326. The van der Waals surface area contributed by atoms with Crippen molar-refractivity contribution in [1.82, 2.24) is 0 Å². The van der Waals surface area contributed by atoms with Crippen molar-refractivity contribution in [1.29, 1.82) is 10.5 Å². The van der Waals surface area contributed by atoms with E-state index in [1.165, 1.54) is 6.92 Å². The number of ketones is 1. The number of hydrogen-bond acceptors (Lipinski definition) is 7. The molecule has 0 amide bonds. The van der Waals surface area contributed by atoms with Crippen molar-refractivity contribution in [3.63, 3.8) is 0 Å². The van der Waals surface area contributed by atoms with Gasteiger partial charge in [-0.05, 0) is 40.0 Å². The Kier molecular flexibility index (Phi) is 9.49. The van der Waals surface area contributed by atoms with Crippen LogP contribution in [0.25, 0.3) is 0 Å². The smallest absolute Gasteiger partial charge is 0.305 e. The largest absolute Gasteiger partial charge is 0.466 e. The van der Waals surface area contributed by atoms with Gasteiger partial charge in [-0.1, -0.05) is 13.3 Å². The number of nitriles is 2. The van der Waals surface area contributed by atoms with Crippen LogP contribution in [0.1, 0.15) is 66.2 Å². The van der Waals surface area contributed by atoms with Crippen molar-refractivity contribution in [3.8, 4) is 12.1 Å². The van der Waals surface area contributed by atoms with Crippen LogP contribution in [-0.4, -0.2) is 29.4 Å². The van der Waals surface area contributed by atoms with Crippen LogP contribution < -0.4 is 0 Å². The van der Waals surface area contributed by atoms with E-state index < -0.39 is 11.1 Å². The molecular formula is C17H26N4O3. The molecule has 0 fully saturated rings. The van der Waals surface area contributed by atoms with E-state index in [-0.39, 0.29) is 37.4 Å². The second-order valence-corrected chi connectivity index (χ2v) is 6.25. The summed E-state index contributed by atoms with van der Waals surface area (Å²) in [6, 6.07) is 4.03. The number of carbonyl (C=O) groups is 2. The van der Waals surface area contributed by atoms with Gasteiger partial charge in [-0.15, -0.1) is 0 Å². The number of carbonyl (C=O) groups excluding carboxylic acids is 2. The number of azo groups is 1. The zero-order chi connectivity index (χ0) is 18.6. The lowest BCUT2D eigenvalue weighted by Crippen LogP contribution is -2.25. The molecule has 0 rings (SSSR count). The first-order chi connectivity index (χ1) is 11.2. The van der Waals surface area contributed by atoms with E-state index in [4.69, 9.17) is 4.74 Å². The van der Waals surface area contributed by atoms with Crippen LogP contribution >= 0.6 is 0 Å². The maximum absolute atomic E-state index is 11.6. The molecule has 0 bridgehead atoms. The maximum Gasteiger partial charge on any atom is 0.305 e. The number of rotatable bonds is 11. The van der Waals surface area contributed by atoms with Crippen LogP contribution in [0.5, 0.6) is 0 Å². The maximum atomic E-state index is 11.6. The zero-order valence-corrected chi connectivity index (χ0v) is 15.0. The molecule has 7 heteroatoms. The summed E-state index contributed by atoms with van der Waals surface area (Å²) in [5.74, 6) is -0.413. The Labute approximate surface area is 143 Å². The number of Topliss-reactive ketones (excluding diaryl/α,β-unsaturated/α-hetero) is 1. The van der Waals surface area contributed by atoms with E-state index in [0.29, 0.717) is 6.61 Å². The molecule has 24 heavy (non-hydrogen) atoms. The van der Waals surface area contributed by atoms with Crippen LogP contribution in [0.15, 0.2) is 10.2 Å². The second kappa shape index (κ2) is 10.5. The average Bonchev–Trinajstić information content (AvgIpc) is 2.56. The monoisotopic (exact) mass is 334 g/mol. The number of unbranched alkanes of at least 4 members (excludes halogenated alkanes) is 1. The lowest BCUT2D eigenvalue weighted by atomic mass is 9.97. The summed E-state index contributed by atoms with van der Waals surface area (Å²) < 4.78 is 5.04. The summed E-state index contributed by atoms with van der Waals surface area (Å²) in [6.45, 7) is 6.93. The summed E-state index contributed by atoms with van der Waals surface area (Å²) in [6.07, 6.45) is 2.41. The zero-order valence-electron chi connectivity index (χ0n) is 15.0. The molecule has 0 aliphatic heterocycles. The first kappa shape index (κ1) is 21.7. The normalized spacial score (nSPS) is 15.8. The van der Waals surface area contributed by atoms with Crippen molar-refractivity contribution in [2.75, 3.05) is 6.61 Å². The van der Waals surface area contributed by atoms with Crippen LogP contribution in [0.3, 0.4) is 0 Å². The van der Waals surface area contributed by atoms with Crippen molar-refractivity contribution in [2.45, 2.75) is 77.3 Å². The molecule has 2 unspecified atom stereocenters. The minimum Gasteiger partial charge on any atom is -0.466 e. The van der Waals surface area contributed by atoms with E-state index >= 15 is 0 Å². The highest BCUT2D eigenvalue weighted by atomic mass is 16.5. The Morgan fingerprint density at radius 2 is 1.54 bits per heavy atom. The molecular weight excluding hydrogens is 308 g/mol. The number of hydrogen-bond donors (Lipinski definition) is 0. The highest BCUT2D eigenvalue weighted by Crippen LogP contribution is 2.23. The third-order valence-electron chi connectivity index (χ3n) is 3.51. The van der Waals surface area contributed by atoms with Gasteiger partial charge in [0.2, 0.25) is 0 Å². The lowest BCUT2D eigenvalue weighted by Gasteiger charge is -2.19. The third-order valence-corrected chi connectivity index (χ3v) is 3.51. The average molecular weight is 334 g/mol. The van der Waals surface area contributed by atoms with Gasteiger partial charge in [-0.3, -0.25) is 4.79 Å². The number of nitrogens with zero attached hydrogens (tertiary/aromatic N) is 4. The Hall–Kier alpha value is -2.28. The minimum absolute atomic E-state index is 0.0375. The van der Waals surface area contributed by atoms with E-state index in [9.17, 15) is 20.1 Å². The Morgan fingerprint density at radius 1 is 1.04 bits per heavy atom. The van der Waals surface area contributed by atoms with Gasteiger partial charge in [-0.25, -0.2) is 0 Å². The topological polar surface area (TPSA) is 116 Å². The van der Waals surface area contributed by atoms with E-state index in [2.05, 4.69) is 10.2 Å². The molecule has 0 saturated heterocycles. The van der Waals surface area contributed by atoms with Gasteiger partial charge in [0.1, 0.15) is 5.78 Å². The van der Waals surface area contributed by atoms with Gasteiger partial charge < -0.3 is 9.53 Å².